The van der Waals surface area contributed by atoms with E-state index in [1.54, 1.807) is 0 Å². The summed E-state index contributed by atoms with van der Waals surface area (Å²) in [6.07, 6.45) is -4.57. The largest absolute Gasteiger partial charge is 0.493 e. The van der Waals surface area contributed by atoms with Crippen molar-refractivity contribution in [2.75, 3.05) is 5.32 Å². The van der Waals surface area contributed by atoms with E-state index < -0.39 is 42.1 Å². The fourth-order valence-electron chi connectivity index (χ4n) is 4.04. The molecule has 38 heavy (non-hydrogen) atoms. The molecule has 0 fully saturated rings. The predicted molar refractivity (Wildman–Crippen MR) is 117 cm³/mol. The average Bonchev–Trinajstić information content (AvgIpc) is 3.44. The number of nitrogens with zero attached hydrogens (tertiary/aromatic N) is 8. The Balaban J connectivity index is 1.56. The second kappa shape index (κ2) is 8.36. The first-order chi connectivity index (χ1) is 17.8. The lowest BCUT2D eigenvalue weighted by atomic mass is 9.81. The molecule has 2 N–H and O–H groups in total. The molecule has 0 saturated carbocycles. The molecule has 0 aromatic carbocycles. The van der Waals surface area contributed by atoms with Crippen molar-refractivity contribution in [1.29, 1.82) is 5.26 Å². The van der Waals surface area contributed by atoms with Crippen LogP contribution >= 0.6 is 0 Å². The lowest BCUT2D eigenvalue weighted by Gasteiger charge is -2.21. The van der Waals surface area contributed by atoms with Crippen LogP contribution in [-0.4, -0.2) is 57.6 Å². The maximum Gasteiger partial charge on any atom is 0.453 e. The topological polar surface area (TPSA) is 155 Å². The number of aromatic hydroxyl groups is 1. The molecule has 0 aliphatic carbocycles. The van der Waals surface area contributed by atoms with E-state index in [9.17, 15) is 31.9 Å². The number of carbonyl (C=O) groups is 1. The van der Waals surface area contributed by atoms with Crippen molar-refractivity contribution in [3.63, 3.8) is 0 Å². The molecule has 4 aromatic rings. The third-order valence-electron chi connectivity index (χ3n) is 6.13. The molecule has 1 aliphatic rings. The smallest absolute Gasteiger partial charge is 0.453 e. The summed E-state index contributed by atoms with van der Waals surface area (Å²) >= 11 is 0. The standard InChI is InChI=1S/C22H14F5N9O2/c1-20(13-3-2-10(6-28)7-29-13)14-16(35-19(20)38)33-15(34-18(14)37)12-8-36-17(30-9-31-36)11(32-12)4-5-21(23,24)22(25,26)27/h2-3,7-9H,4-5H2,1H3,(H2,33,34,35,37,38). The van der Waals surface area contributed by atoms with Crippen LogP contribution in [0, 0.1) is 11.3 Å². The molecule has 4 aromatic heterocycles. The highest BCUT2D eigenvalue weighted by molar-refractivity contribution is 6.08. The van der Waals surface area contributed by atoms with Gasteiger partial charge in [-0.2, -0.15) is 37.3 Å². The fraction of sp³-hybridized carbons (Fsp3) is 0.273. The van der Waals surface area contributed by atoms with Crippen LogP contribution < -0.4 is 5.32 Å². The summed E-state index contributed by atoms with van der Waals surface area (Å²) in [5, 5.41) is 26.2. The van der Waals surface area contributed by atoms with Crippen LogP contribution in [0.3, 0.4) is 0 Å². The zero-order valence-electron chi connectivity index (χ0n) is 19.1. The molecule has 1 amide bonds. The van der Waals surface area contributed by atoms with E-state index in [1.807, 2.05) is 6.07 Å². The van der Waals surface area contributed by atoms with Crippen molar-refractivity contribution >= 4 is 17.4 Å². The number of aryl methyl sites for hydroxylation is 1. The number of carbonyl (C=O) groups excluding carboxylic acids is 1. The van der Waals surface area contributed by atoms with E-state index in [-0.39, 0.29) is 45.5 Å². The van der Waals surface area contributed by atoms with Gasteiger partial charge in [-0.3, -0.25) is 9.78 Å². The highest BCUT2D eigenvalue weighted by Crippen LogP contribution is 2.45. The van der Waals surface area contributed by atoms with E-state index in [4.69, 9.17) is 5.26 Å². The van der Waals surface area contributed by atoms with E-state index in [0.29, 0.717) is 0 Å². The molecule has 0 bridgehead atoms. The van der Waals surface area contributed by atoms with Gasteiger partial charge in [0, 0.05) is 12.6 Å². The molecule has 0 spiro atoms. The van der Waals surface area contributed by atoms with E-state index in [2.05, 4.69) is 35.3 Å². The Labute approximate surface area is 209 Å². The zero-order valence-corrected chi connectivity index (χ0v) is 19.1. The number of rotatable bonds is 5. The minimum atomic E-state index is -5.74. The van der Waals surface area contributed by atoms with E-state index in [0.717, 1.165) is 10.8 Å². The Kier molecular flexibility index (Phi) is 5.47. The number of nitrogens with one attached hydrogen (secondary N) is 1. The number of hydrogen-bond donors (Lipinski definition) is 2. The minimum absolute atomic E-state index is 0.00432. The van der Waals surface area contributed by atoms with Crippen LogP contribution in [0.1, 0.15) is 35.9 Å². The molecule has 11 nitrogen and oxygen atoms in total. The van der Waals surface area contributed by atoms with Gasteiger partial charge in [0.15, 0.2) is 11.5 Å². The van der Waals surface area contributed by atoms with Crippen molar-refractivity contribution < 1.29 is 31.9 Å². The van der Waals surface area contributed by atoms with Gasteiger partial charge in [0.05, 0.1) is 28.7 Å². The Hall–Kier alpha value is -4.81. The van der Waals surface area contributed by atoms with Gasteiger partial charge in [-0.05, 0) is 25.5 Å². The molecule has 0 saturated heterocycles. The number of amides is 1. The summed E-state index contributed by atoms with van der Waals surface area (Å²) in [5.74, 6) is -6.53. The highest BCUT2D eigenvalue weighted by Gasteiger charge is 2.56. The first kappa shape index (κ1) is 24.9. The third kappa shape index (κ3) is 3.83. The van der Waals surface area contributed by atoms with Gasteiger partial charge in [-0.1, -0.05) is 0 Å². The number of nitriles is 1. The second-order valence-corrected chi connectivity index (χ2v) is 8.52. The quantitative estimate of drug-likeness (QED) is 0.370. The number of hydrogen-bond acceptors (Lipinski definition) is 9. The van der Waals surface area contributed by atoms with Gasteiger partial charge in [0.2, 0.25) is 11.8 Å². The van der Waals surface area contributed by atoms with Crippen molar-refractivity contribution in [3.8, 4) is 23.5 Å². The van der Waals surface area contributed by atoms with Crippen LogP contribution in [0.15, 0.2) is 30.9 Å². The summed E-state index contributed by atoms with van der Waals surface area (Å²) in [4.78, 5) is 33.3. The van der Waals surface area contributed by atoms with Crippen molar-refractivity contribution in [3.05, 3.63) is 53.4 Å². The van der Waals surface area contributed by atoms with Gasteiger partial charge in [0.25, 0.3) is 0 Å². The van der Waals surface area contributed by atoms with Crippen LogP contribution in [0.2, 0.25) is 0 Å². The Morgan fingerprint density at radius 1 is 1.16 bits per heavy atom. The lowest BCUT2D eigenvalue weighted by Crippen LogP contribution is -2.36. The predicted octanol–water partition coefficient (Wildman–Crippen LogP) is 2.94. The molecular weight excluding hydrogens is 517 g/mol. The van der Waals surface area contributed by atoms with Gasteiger partial charge >= 0.3 is 12.1 Å². The van der Waals surface area contributed by atoms with Crippen molar-refractivity contribution in [2.24, 2.45) is 0 Å². The van der Waals surface area contributed by atoms with Crippen LogP contribution in [0.5, 0.6) is 5.88 Å². The lowest BCUT2D eigenvalue weighted by molar-refractivity contribution is -0.284. The Bertz CT molecular complexity index is 1630. The normalized spacial score (nSPS) is 17.3. The van der Waals surface area contributed by atoms with Crippen LogP contribution in [0.25, 0.3) is 17.2 Å². The van der Waals surface area contributed by atoms with E-state index in [1.165, 1.54) is 31.5 Å². The summed E-state index contributed by atoms with van der Waals surface area (Å²) in [5.41, 5.74) is -1.49. The average molecular weight is 531 g/mol. The molecule has 194 valence electrons. The van der Waals surface area contributed by atoms with Crippen molar-refractivity contribution in [2.45, 2.75) is 37.3 Å². The molecule has 5 rings (SSSR count). The Morgan fingerprint density at radius 2 is 1.92 bits per heavy atom. The number of alkyl halides is 5. The summed E-state index contributed by atoms with van der Waals surface area (Å²) in [7, 11) is 0. The Morgan fingerprint density at radius 3 is 2.58 bits per heavy atom. The molecule has 1 aliphatic heterocycles. The number of halogens is 5. The SMILES string of the molecule is CC1(c2ccc(C#N)cn2)C(=O)Nc2nc(-c3cn4ncnc4c(CCC(F)(F)C(F)(F)F)n3)nc(O)c21. The molecule has 16 heteroatoms. The maximum absolute atomic E-state index is 13.5. The minimum Gasteiger partial charge on any atom is -0.493 e. The first-order valence-corrected chi connectivity index (χ1v) is 10.8. The monoisotopic (exact) mass is 531 g/mol. The first-order valence-electron chi connectivity index (χ1n) is 10.8. The highest BCUT2D eigenvalue weighted by atomic mass is 19.4. The van der Waals surface area contributed by atoms with Gasteiger partial charge in [-0.25, -0.2) is 19.5 Å². The van der Waals surface area contributed by atoms with Crippen LogP contribution in [-0.2, 0) is 16.6 Å². The molecule has 0 radical (unpaired) electrons. The zero-order chi connectivity index (χ0) is 27.5. The van der Waals surface area contributed by atoms with Gasteiger partial charge in [0.1, 0.15) is 29.3 Å². The molecule has 1 atom stereocenters. The van der Waals surface area contributed by atoms with Gasteiger partial charge in [-0.15, -0.1) is 0 Å². The number of aromatic nitrogens is 7. The molecule has 5 heterocycles. The summed E-state index contributed by atoms with van der Waals surface area (Å²) in [6, 6.07) is 4.81. The third-order valence-corrected chi connectivity index (χ3v) is 6.13. The maximum atomic E-state index is 13.5. The second-order valence-electron chi connectivity index (χ2n) is 8.52. The summed E-state index contributed by atoms with van der Waals surface area (Å²) in [6.45, 7) is 1.48. The number of pyridine rings is 1. The van der Waals surface area contributed by atoms with Crippen molar-refractivity contribution in [1.82, 2.24) is 34.5 Å². The molecular formula is C22H14F5N9O2. The summed E-state index contributed by atoms with van der Waals surface area (Å²) < 4.78 is 66.2. The number of anilines is 1. The fourth-order valence-corrected chi connectivity index (χ4v) is 4.04. The van der Waals surface area contributed by atoms with Gasteiger partial charge < -0.3 is 10.4 Å². The number of fused-ring (bicyclic) bond motifs is 2. The van der Waals surface area contributed by atoms with Crippen LogP contribution in [0.4, 0.5) is 27.8 Å². The molecule has 1 unspecified atom stereocenters. The van der Waals surface area contributed by atoms with E-state index >= 15 is 0 Å².